The van der Waals surface area contributed by atoms with Gasteiger partial charge in [0.05, 0.1) is 6.07 Å². The fourth-order valence-corrected chi connectivity index (χ4v) is 1.50. The molecule has 0 radical (unpaired) electrons. The molecule has 13 heavy (non-hydrogen) atoms. The van der Waals surface area contributed by atoms with Gasteiger partial charge in [-0.2, -0.15) is 5.26 Å². The Hall–Kier alpha value is -1.24. The Labute approximate surface area is 78.5 Å². The van der Waals surface area contributed by atoms with Crippen molar-refractivity contribution in [2.75, 3.05) is 19.6 Å². The van der Waals surface area contributed by atoms with Crippen LogP contribution in [0.5, 0.6) is 0 Å². The summed E-state index contributed by atoms with van der Waals surface area (Å²) in [5, 5.41) is 10.8. The maximum Gasteiger partial charge on any atom is 0.318 e. The van der Waals surface area contributed by atoms with E-state index in [1.165, 1.54) is 12.8 Å². The Morgan fingerprint density at radius 3 is 2.46 bits per heavy atom. The molecule has 1 rings (SSSR count). The Morgan fingerprint density at radius 2 is 1.92 bits per heavy atom. The molecule has 0 aromatic carbocycles. The number of amides is 2. The number of carbonyl (C=O) groups excluding carboxylic acids is 1. The third kappa shape index (κ3) is 3.32. The van der Waals surface area contributed by atoms with Gasteiger partial charge in [0.2, 0.25) is 0 Å². The quantitative estimate of drug-likeness (QED) is 0.616. The summed E-state index contributed by atoms with van der Waals surface area (Å²) in [6.45, 7) is 1.77. The summed E-state index contributed by atoms with van der Waals surface area (Å²) < 4.78 is 0. The van der Waals surface area contributed by atoms with Gasteiger partial charge in [-0.15, -0.1) is 0 Å². The van der Waals surface area contributed by atoms with Gasteiger partial charge in [-0.25, -0.2) is 4.79 Å². The second kappa shape index (κ2) is 5.41. The zero-order chi connectivity index (χ0) is 9.52. The Bertz CT molecular complexity index is 201. The number of hydrogen-bond acceptors (Lipinski definition) is 2. The summed E-state index contributed by atoms with van der Waals surface area (Å²) in [5.41, 5.74) is 0. The average molecular weight is 181 g/mol. The van der Waals surface area contributed by atoms with Gasteiger partial charge in [0.1, 0.15) is 6.54 Å². The smallest absolute Gasteiger partial charge is 0.318 e. The highest BCUT2D eigenvalue weighted by Crippen LogP contribution is 2.09. The molecule has 72 valence electrons. The first-order valence-corrected chi connectivity index (χ1v) is 4.74. The first-order valence-electron chi connectivity index (χ1n) is 4.74. The molecule has 1 heterocycles. The highest BCUT2D eigenvalue weighted by Gasteiger charge is 2.13. The lowest BCUT2D eigenvalue weighted by molar-refractivity contribution is 0.201. The van der Waals surface area contributed by atoms with E-state index in [9.17, 15) is 4.79 Å². The second-order valence-corrected chi connectivity index (χ2v) is 3.22. The van der Waals surface area contributed by atoms with Crippen molar-refractivity contribution in [1.29, 1.82) is 5.26 Å². The molecule has 1 fully saturated rings. The van der Waals surface area contributed by atoms with E-state index >= 15 is 0 Å². The molecular weight excluding hydrogens is 166 g/mol. The lowest BCUT2D eigenvalue weighted by Crippen LogP contribution is -2.40. The van der Waals surface area contributed by atoms with Crippen LogP contribution in [0.2, 0.25) is 0 Å². The van der Waals surface area contributed by atoms with Crippen molar-refractivity contribution in [3.63, 3.8) is 0 Å². The van der Waals surface area contributed by atoms with Crippen molar-refractivity contribution in [2.24, 2.45) is 0 Å². The fraction of sp³-hybridized carbons (Fsp3) is 0.778. The van der Waals surface area contributed by atoms with E-state index in [4.69, 9.17) is 5.26 Å². The van der Waals surface area contributed by atoms with Gasteiger partial charge in [0.25, 0.3) is 0 Å². The van der Waals surface area contributed by atoms with Crippen molar-refractivity contribution in [2.45, 2.75) is 25.7 Å². The third-order valence-electron chi connectivity index (χ3n) is 2.21. The monoisotopic (exact) mass is 181 g/mol. The van der Waals surface area contributed by atoms with Crippen molar-refractivity contribution in [1.82, 2.24) is 10.2 Å². The third-order valence-corrected chi connectivity index (χ3v) is 2.21. The van der Waals surface area contributed by atoms with Crippen molar-refractivity contribution < 1.29 is 4.79 Å². The van der Waals surface area contributed by atoms with E-state index in [0.717, 1.165) is 25.9 Å². The minimum absolute atomic E-state index is 0.0940. The van der Waals surface area contributed by atoms with Crippen LogP contribution in [-0.4, -0.2) is 30.6 Å². The molecule has 1 N–H and O–H groups in total. The molecule has 0 aromatic rings. The van der Waals surface area contributed by atoms with Crippen LogP contribution >= 0.6 is 0 Å². The second-order valence-electron chi connectivity index (χ2n) is 3.22. The Balaban J connectivity index is 2.31. The molecule has 0 aliphatic carbocycles. The summed E-state index contributed by atoms with van der Waals surface area (Å²) in [7, 11) is 0. The Kier molecular flexibility index (Phi) is 4.10. The van der Waals surface area contributed by atoms with Crippen LogP contribution in [0.1, 0.15) is 25.7 Å². The number of nitriles is 1. The number of nitrogens with one attached hydrogen (secondary N) is 1. The zero-order valence-electron chi connectivity index (χ0n) is 7.75. The van der Waals surface area contributed by atoms with Crippen molar-refractivity contribution in [3.8, 4) is 6.07 Å². The summed E-state index contributed by atoms with van der Waals surface area (Å²) in [5.74, 6) is 0. The molecule has 4 heteroatoms. The maximum absolute atomic E-state index is 11.4. The van der Waals surface area contributed by atoms with E-state index in [-0.39, 0.29) is 12.6 Å². The molecule has 0 saturated carbocycles. The van der Waals surface area contributed by atoms with Gasteiger partial charge in [-0.1, -0.05) is 12.8 Å². The van der Waals surface area contributed by atoms with E-state index in [0.29, 0.717) is 0 Å². The summed E-state index contributed by atoms with van der Waals surface area (Å²) in [6, 6.07) is 1.80. The van der Waals surface area contributed by atoms with Crippen LogP contribution in [0.25, 0.3) is 0 Å². The summed E-state index contributed by atoms with van der Waals surface area (Å²) in [6.07, 6.45) is 4.59. The van der Waals surface area contributed by atoms with E-state index in [2.05, 4.69) is 5.32 Å². The van der Waals surface area contributed by atoms with E-state index < -0.39 is 0 Å². The highest BCUT2D eigenvalue weighted by molar-refractivity contribution is 5.74. The highest BCUT2D eigenvalue weighted by atomic mass is 16.2. The predicted octanol–water partition coefficient (Wildman–Crippen LogP) is 1.10. The lowest BCUT2D eigenvalue weighted by atomic mass is 10.2. The van der Waals surface area contributed by atoms with Crippen molar-refractivity contribution >= 4 is 6.03 Å². The largest absolute Gasteiger partial charge is 0.325 e. The van der Waals surface area contributed by atoms with Gasteiger partial charge < -0.3 is 10.2 Å². The van der Waals surface area contributed by atoms with Crippen LogP contribution in [0, 0.1) is 11.3 Å². The van der Waals surface area contributed by atoms with Crippen LogP contribution < -0.4 is 5.32 Å². The molecule has 1 aliphatic rings. The molecular formula is C9H15N3O. The maximum atomic E-state index is 11.4. The molecule has 1 aliphatic heterocycles. The zero-order valence-corrected chi connectivity index (χ0v) is 7.75. The average Bonchev–Trinajstić information content (AvgIpc) is 2.42. The van der Waals surface area contributed by atoms with Crippen LogP contribution in [0.3, 0.4) is 0 Å². The van der Waals surface area contributed by atoms with Crippen LogP contribution in [-0.2, 0) is 0 Å². The lowest BCUT2D eigenvalue weighted by Gasteiger charge is -2.19. The first kappa shape index (κ1) is 9.85. The van der Waals surface area contributed by atoms with Gasteiger partial charge in [0.15, 0.2) is 0 Å². The van der Waals surface area contributed by atoms with Gasteiger partial charge in [-0.3, -0.25) is 0 Å². The molecule has 2 amide bonds. The number of hydrogen-bond donors (Lipinski definition) is 1. The van der Waals surface area contributed by atoms with Crippen LogP contribution in [0.15, 0.2) is 0 Å². The number of nitrogens with zero attached hydrogens (tertiary/aromatic N) is 2. The number of urea groups is 1. The standard InChI is InChI=1S/C9H15N3O/c10-5-6-11-9(13)12-7-3-1-2-4-8-12/h1-4,6-8H2,(H,11,13). The topological polar surface area (TPSA) is 56.1 Å². The van der Waals surface area contributed by atoms with E-state index in [1.807, 2.05) is 6.07 Å². The molecule has 0 spiro atoms. The Morgan fingerprint density at radius 1 is 1.31 bits per heavy atom. The number of rotatable bonds is 1. The minimum atomic E-state index is -0.0940. The molecule has 0 unspecified atom stereocenters. The molecule has 4 nitrogen and oxygen atoms in total. The van der Waals surface area contributed by atoms with Gasteiger partial charge in [-0.05, 0) is 12.8 Å². The van der Waals surface area contributed by atoms with Crippen molar-refractivity contribution in [3.05, 3.63) is 0 Å². The van der Waals surface area contributed by atoms with Gasteiger partial charge >= 0.3 is 6.03 Å². The summed E-state index contributed by atoms with van der Waals surface area (Å²) in [4.78, 5) is 13.2. The first-order chi connectivity index (χ1) is 6.34. The normalized spacial score (nSPS) is 17.3. The number of carbonyl (C=O) groups is 1. The minimum Gasteiger partial charge on any atom is -0.325 e. The number of likely N-dealkylation sites (tertiary alicyclic amines) is 1. The predicted molar refractivity (Wildman–Crippen MR) is 49.1 cm³/mol. The molecule has 0 bridgehead atoms. The molecule has 0 atom stereocenters. The van der Waals surface area contributed by atoms with Crippen LogP contribution in [0.4, 0.5) is 4.79 Å². The fourth-order valence-electron chi connectivity index (χ4n) is 1.50. The SMILES string of the molecule is N#CCNC(=O)N1CCCCCC1. The van der Waals surface area contributed by atoms with E-state index in [1.54, 1.807) is 4.90 Å². The summed E-state index contributed by atoms with van der Waals surface area (Å²) >= 11 is 0. The molecule has 0 aromatic heterocycles. The molecule has 1 saturated heterocycles. The van der Waals surface area contributed by atoms with Gasteiger partial charge in [0, 0.05) is 13.1 Å².